The van der Waals surface area contributed by atoms with Crippen molar-refractivity contribution in [2.75, 3.05) is 0 Å². The Morgan fingerprint density at radius 3 is 2.51 bits per heavy atom. The van der Waals surface area contributed by atoms with Crippen molar-refractivity contribution in [3.63, 3.8) is 0 Å². The molecule has 0 bridgehead atoms. The minimum absolute atomic E-state index is 0.0623. The number of cyclic esters (lactones) is 1. The van der Waals surface area contributed by atoms with Gasteiger partial charge in [-0.2, -0.15) is 0 Å². The minimum atomic E-state index is -0.644. The van der Waals surface area contributed by atoms with Crippen molar-refractivity contribution >= 4 is 11.9 Å². The lowest BCUT2D eigenvalue weighted by atomic mass is 9.41. The van der Waals surface area contributed by atoms with E-state index in [0.717, 1.165) is 51.4 Å². The number of ether oxygens (including phenoxy) is 2. The second-order valence-corrected chi connectivity index (χ2v) is 15.0. The molecule has 0 aromatic heterocycles. The predicted molar refractivity (Wildman–Crippen MR) is 143 cm³/mol. The number of rotatable bonds is 5. The number of esters is 2. The van der Waals surface area contributed by atoms with E-state index < -0.39 is 11.0 Å². The lowest BCUT2D eigenvalue weighted by Crippen LogP contribution is -2.59. The molecule has 1 N–H and O–H groups in total. The normalized spacial score (nSPS) is 47.9. The molecule has 4 aliphatic carbocycles. The summed E-state index contributed by atoms with van der Waals surface area (Å²) in [7, 11) is 0. The van der Waals surface area contributed by atoms with Gasteiger partial charge in [-0.3, -0.25) is 9.59 Å². The van der Waals surface area contributed by atoms with Crippen LogP contribution in [0.2, 0.25) is 0 Å². The molecule has 0 aromatic rings. The smallest absolute Gasteiger partial charge is 0.314 e. The Morgan fingerprint density at radius 2 is 1.86 bits per heavy atom. The third-order valence-corrected chi connectivity index (χ3v) is 12.3. The van der Waals surface area contributed by atoms with E-state index in [2.05, 4.69) is 54.5 Å². The molecule has 37 heavy (non-hydrogen) atoms. The number of carbonyl (C=O) groups is 2. The molecule has 5 nitrogen and oxygen atoms in total. The van der Waals surface area contributed by atoms with Crippen LogP contribution in [0.3, 0.4) is 0 Å². The fourth-order valence-electron chi connectivity index (χ4n) is 10.6. The van der Waals surface area contributed by atoms with Gasteiger partial charge in [0.25, 0.3) is 0 Å². The van der Waals surface area contributed by atoms with Crippen molar-refractivity contribution in [3.05, 3.63) is 11.6 Å². The van der Waals surface area contributed by atoms with Crippen LogP contribution in [0.25, 0.3) is 0 Å². The van der Waals surface area contributed by atoms with Gasteiger partial charge in [-0.05, 0) is 86.9 Å². The van der Waals surface area contributed by atoms with Crippen LogP contribution in [0.15, 0.2) is 11.6 Å². The van der Waals surface area contributed by atoms with Crippen molar-refractivity contribution in [2.45, 2.75) is 131 Å². The molecule has 1 saturated heterocycles. The van der Waals surface area contributed by atoms with Crippen molar-refractivity contribution in [2.24, 2.45) is 45.3 Å². The summed E-state index contributed by atoms with van der Waals surface area (Å²) in [5.41, 5.74) is -0.278. The molecule has 5 rings (SSSR count). The Morgan fingerprint density at radius 1 is 1.16 bits per heavy atom. The van der Waals surface area contributed by atoms with Crippen molar-refractivity contribution in [1.29, 1.82) is 0 Å². The standard InChI is InChI=1S/C32H50O5/c1-19(2)10-9-15-31(8)26-23(36-20(3)33)18-30(7)22-11-12-24-28(4,5)25(34)14-16-29(24,6)21(22)13-17-32(26,30)27(35)37-31/h11,19,21,23-26,34H,9-10,12-18H2,1-8H3/t21-,23-,24+,25+,26-,29-,30+,31-,32-/m1/s1. The third kappa shape index (κ3) is 3.57. The van der Waals surface area contributed by atoms with E-state index in [9.17, 15) is 14.7 Å². The monoisotopic (exact) mass is 514 g/mol. The summed E-state index contributed by atoms with van der Waals surface area (Å²) < 4.78 is 12.5. The molecular formula is C32H50O5. The van der Waals surface area contributed by atoms with E-state index in [1.807, 2.05) is 0 Å². The van der Waals surface area contributed by atoms with E-state index in [1.165, 1.54) is 12.5 Å². The molecule has 208 valence electrons. The first-order valence-corrected chi connectivity index (χ1v) is 14.9. The van der Waals surface area contributed by atoms with Crippen molar-refractivity contribution < 1.29 is 24.2 Å². The van der Waals surface area contributed by atoms with E-state index >= 15 is 0 Å². The molecule has 0 amide bonds. The molecule has 4 fully saturated rings. The molecule has 1 aliphatic heterocycles. The SMILES string of the molecule is CC(=O)O[C@@H]1C[C@@]2(C)C3=CC[C@H]4C(C)(C)[C@@H](O)CC[C@]4(C)[C@@H]3CC[C@@]23C(=O)O[C@](C)(CCCC(C)C)[C@@H]13. The maximum absolute atomic E-state index is 14.1. The Balaban J connectivity index is 1.58. The Labute approximate surface area is 224 Å². The molecule has 5 aliphatic rings. The molecule has 0 radical (unpaired) electrons. The fraction of sp³-hybridized carbons (Fsp3) is 0.875. The summed E-state index contributed by atoms with van der Waals surface area (Å²) in [5, 5.41) is 10.9. The number of carbonyl (C=O) groups excluding carboxylic acids is 2. The molecular weight excluding hydrogens is 464 g/mol. The summed E-state index contributed by atoms with van der Waals surface area (Å²) in [4.78, 5) is 26.5. The first kappa shape index (κ1) is 27.2. The van der Waals surface area contributed by atoms with E-state index in [-0.39, 0.29) is 46.3 Å². The van der Waals surface area contributed by atoms with E-state index in [0.29, 0.717) is 24.2 Å². The quantitative estimate of drug-likeness (QED) is 0.330. The minimum Gasteiger partial charge on any atom is -0.462 e. The zero-order valence-electron chi connectivity index (χ0n) is 24.5. The number of aliphatic hydroxyl groups excluding tert-OH is 1. The predicted octanol–water partition coefficient (Wildman–Crippen LogP) is 6.62. The first-order valence-electron chi connectivity index (χ1n) is 14.9. The highest BCUT2D eigenvalue weighted by Crippen LogP contribution is 2.76. The summed E-state index contributed by atoms with van der Waals surface area (Å²) in [6.07, 6.45) is 9.98. The lowest BCUT2D eigenvalue weighted by molar-refractivity contribution is -0.163. The van der Waals surface area contributed by atoms with Gasteiger partial charge in [0.15, 0.2) is 0 Å². The van der Waals surface area contributed by atoms with Crippen LogP contribution in [0.5, 0.6) is 0 Å². The van der Waals surface area contributed by atoms with E-state index in [4.69, 9.17) is 9.47 Å². The second kappa shape index (κ2) is 8.57. The van der Waals surface area contributed by atoms with Gasteiger partial charge in [-0.25, -0.2) is 0 Å². The molecule has 5 heteroatoms. The maximum Gasteiger partial charge on any atom is 0.314 e. The van der Waals surface area contributed by atoms with Gasteiger partial charge in [-0.15, -0.1) is 0 Å². The molecule has 1 spiro atoms. The number of fused-ring (bicyclic) bond motifs is 4. The van der Waals surface area contributed by atoms with Gasteiger partial charge in [-0.1, -0.05) is 59.6 Å². The average Bonchev–Trinajstić information content (AvgIpc) is 3.17. The van der Waals surface area contributed by atoms with E-state index in [1.54, 1.807) is 0 Å². The summed E-state index contributed by atoms with van der Waals surface area (Å²) in [5.74, 6) is 0.941. The summed E-state index contributed by atoms with van der Waals surface area (Å²) in [6.45, 7) is 17.3. The third-order valence-electron chi connectivity index (χ3n) is 12.3. The zero-order valence-corrected chi connectivity index (χ0v) is 24.5. The van der Waals surface area contributed by atoms with Crippen molar-refractivity contribution in [3.8, 4) is 0 Å². The zero-order chi connectivity index (χ0) is 27.2. The van der Waals surface area contributed by atoms with Gasteiger partial charge in [0.1, 0.15) is 11.7 Å². The van der Waals surface area contributed by atoms with Crippen LogP contribution in [-0.2, 0) is 19.1 Å². The number of hydrogen-bond acceptors (Lipinski definition) is 5. The first-order chi connectivity index (χ1) is 17.1. The Bertz CT molecular complexity index is 997. The topological polar surface area (TPSA) is 72.8 Å². The number of aliphatic hydroxyl groups is 1. The second-order valence-electron chi connectivity index (χ2n) is 15.0. The van der Waals surface area contributed by atoms with Crippen LogP contribution in [-0.4, -0.2) is 34.9 Å². The van der Waals surface area contributed by atoms with Crippen molar-refractivity contribution in [1.82, 2.24) is 0 Å². The van der Waals surface area contributed by atoms with Gasteiger partial charge in [0.2, 0.25) is 0 Å². The van der Waals surface area contributed by atoms with Gasteiger partial charge >= 0.3 is 11.9 Å². The van der Waals surface area contributed by atoms with Crippen LogP contribution in [0, 0.1) is 45.3 Å². The number of allylic oxidation sites excluding steroid dienone is 2. The Kier molecular flexibility index (Phi) is 6.30. The largest absolute Gasteiger partial charge is 0.462 e. The van der Waals surface area contributed by atoms with Crippen LogP contribution in [0.4, 0.5) is 0 Å². The highest BCUT2D eigenvalue weighted by molar-refractivity contribution is 5.84. The molecule has 3 saturated carbocycles. The maximum atomic E-state index is 14.1. The fourth-order valence-corrected chi connectivity index (χ4v) is 10.6. The molecule has 0 aromatic carbocycles. The summed E-state index contributed by atoms with van der Waals surface area (Å²) >= 11 is 0. The number of hydrogen-bond donors (Lipinski definition) is 1. The van der Waals surface area contributed by atoms with Crippen LogP contribution >= 0.6 is 0 Å². The van der Waals surface area contributed by atoms with Gasteiger partial charge in [0, 0.05) is 12.3 Å². The average molecular weight is 515 g/mol. The molecule has 0 unspecified atom stereocenters. The highest BCUT2D eigenvalue weighted by Gasteiger charge is 2.79. The molecule has 9 atom stereocenters. The lowest BCUT2D eigenvalue weighted by Gasteiger charge is -2.63. The van der Waals surface area contributed by atoms with Gasteiger partial charge in [0.05, 0.1) is 17.4 Å². The van der Waals surface area contributed by atoms with Gasteiger partial charge < -0.3 is 14.6 Å². The molecule has 1 heterocycles. The summed E-state index contributed by atoms with van der Waals surface area (Å²) in [6, 6.07) is 0. The Hall–Kier alpha value is -1.36. The van der Waals surface area contributed by atoms with Crippen LogP contribution < -0.4 is 0 Å². The highest BCUT2D eigenvalue weighted by atomic mass is 16.6. The van der Waals surface area contributed by atoms with Crippen LogP contribution in [0.1, 0.15) is 113 Å².